The first-order valence-corrected chi connectivity index (χ1v) is 6.93. The van der Waals surface area contributed by atoms with Gasteiger partial charge >= 0.3 is 0 Å². The lowest BCUT2D eigenvalue weighted by Gasteiger charge is -2.21. The smallest absolute Gasteiger partial charge is 0.175 e. The first kappa shape index (κ1) is 12.3. The second kappa shape index (κ2) is 4.41. The number of rotatable bonds is 2. The summed E-state index contributed by atoms with van der Waals surface area (Å²) in [6, 6.07) is 8.37. The van der Waals surface area contributed by atoms with E-state index in [0.29, 0.717) is 5.82 Å². The van der Waals surface area contributed by atoms with Crippen LogP contribution in [0.4, 0.5) is 5.82 Å². The minimum Gasteiger partial charge on any atom is -0.380 e. The van der Waals surface area contributed by atoms with Crippen molar-refractivity contribution in [3.8, 4) is 11.1 Å². The van der Waals surface area contributed by atoms with Crippen molar-refractivity contribution in [2.75, 3.05) is 5.73 Å². The van der Waals surface area contributed by atoms with Gasteiger partial charge in [-0.1, -0.05) is 54.8 Å². The maximum atomic E-state index is 6.05. The molecule has 3 rings (SSSR count). The van der Waals surface area contributed by atoms with Gasteiger partial charge in [0.1, 0.15) is 0 Å². The van der Waals surface area contributed by atoms with Gasteiger partial charge in [0.05, 0.1) is 5.56 Å². The van der Waals surface area contributed by atoms with E-state index in [1.54, 1.807) is 0 Å². The van der Waals surface area contributed by atoms with Crippen LogP contribution < -0.4 is 5.73 Å². The van der Waals surface area contributed by atoms with E-state index in [0.717, 1.165) is 29.7 Å². The first-order chi connectivity index (χ1) is 9.10. The molecule has 2 aromatic rings. The van der Waals surface area contributed by atoms with Crippen LogP contribution in [0.5, 0.6) is 0 Å². The maximum absolute atomic E-state index is 6.05. The van der Waals surface area contributed by atoms with Gasteiger partial charge in [-0.25, -0.2) is 0 Å². The summed E-state index contributed by atoms with van der Waals surface area (Å²) in [5.74, 6) is 1.47. The Morgan fingerprint density at radius 3 is 2.68 bits per heavy atom. The highest BCUT2D eigenvalue weighted by Gasteiger charge is 2.37. The molecule has 3 heteroatoms. The van der Waals surface area contributed by atoms with E-state index < -0.39 is 0 Å². The summed E-state index contributed by atoms with van der Waals surface area (Å²) in [5.41, 5.74) is 9.46. The number of benzene rings is 1. The summed E-state index contributed by atoms with van der Waals surface area (Å²) in [5, 5.41) is 4.02. The zero-order chi connectivity index (χ0) is 13.5. The van der Waals surface area contributed by atoms with Crippen LogP contribution in [0, 0.1) is 6.92 Å². The van der Waals surface area contributed by atoms with Crippen molar-refractivity contribution < 1.29 is 4.52 Å². The number of anilines is 1. The number of nitrogens with two attached hydrogens (primary N) is 1. The zero-order valence-corrected chi connectivity index (χ0v) is 11.6. The predicted octanol–water partition coefficient (Wildman–Crippen LogP) is 4.06. The Hall–Kier alpha value is -1.77. The lowest BCUT2D eigenvalue weighted by atomic mass is 9.82. The van der Waals surface area contributed by atoms with Crippen molar-refractivity contribution in [2.24, 2.45) is 0 Å². The van der Waals surface area contributed by atoms with Crippen LogP contribution in [0.25, 0.3) is 11.1 Å². The van der Waals surface area contributed by atoms with Crippen LogP contribution in [0.15, 0.2) is 28.8 Å². The molecule has 1 saturated carbocycles. The standard InChI is InChI=1S/C16H20N2O/c1-11-6-5-7-12(10-11)13-14(19-18-15(13)17)16(2)8-3-4-9-16/h5-7,10H,3-4,8-9H2,1-2H3,(H2,17,18). The number of aromatic nitrogens is 1. The van der Waals surface area contributed by atoms with Crippen LogP contribution in [0.1, 0.15) is 43.9 Å². The maximum Gasteiger partial charge on any atom is 0.175 e. The molecule has 1 heterocycles. The van der Waals surface area contributed by atoms with E-state index in [1.807, 2.05) is 0 Å². The minimum absolute atomic E-state index is 0.0870. The van der Waals surface area contributed by atoms with Gasteiger partial charge in [-0.2, -0.15) is 0 Å². The fourth-order valence-electron chi connectivity index (χ4n) is 3.18. The molecule has 1 aromatic heterocycles. The highest BCUT2D eigenvalue weighted by atomic mass is 16.5. The molecule has 19 heavy (non-hydrogen) atoms. The normalized spacial score (nSPS) is 17.8. The SMILES string of the molecule is Cc1cccc(-c2c(N)noc2C2(C)CCCC2)c1. The van der Waals surface area contributed by atoms with Gasteiger partial charge in [0, 0.05) is 5.41 Å². The lowest BCUT2D eigenvalue weighted by Crippen LogP contribution is -2.17. The van der Waals surface area contributed by atoms with Gasteiger partial charge in [-0.15, -0.1) is 0 Å². The highest BCUT2D eigenvalue weighted by Crippen LogP contribution is 2.46. The van der Waals surface area contributed by atoms with Crippen molar-refractivity contribution >= 4 is 5.82 Å². The van der Waals surface area contributed by atoms with Crippen molar-refractivity contribution in [1.82, 2.24) is 5.16 Å². The van der Waals surface area contributed by atoms with Gasteiger partial charge < -0.3 is 10.3 Å². The van der Waals surface area contributed by atoms with Crippen LogP contribution >= 0.6 is 0 Å². The van der Waals surface area contributed by atoms with Crippen molar-refractivity contribution in [1.29, 1.82) is 0 Å². The Morgan fingerprint density at radius 2 is 2.00 bits per heavy atom. The topological polar surface area (TPSA) is 52.0 Å². The Labute approximate surface area is 113 Å². The monoisotopic (exact) mass is 256 g/mol. The third kappa shape index (κ3) is 2.03. The van der Waals surface area contributed by atoms with E-state index in [4.69, 9.17) is 10.3 Å². The van der Waals surface area contributed by atoms with Gasteiger partial charge in [0.2, 0.25) is 0 Å². The third-order valence-corrected chi connectivity index (χ3v) is 4.28. The number of nitrogen functional groups attached to an aromatic ring is 1. The molecule has 0 atom stereocenters. The average Bonchev–Trinajstić information content (AvgIpc) is 2.97. The summed E-state index contributed by atoms with van der Waals surface area (Å²) < 4.78 is 5.60. The molecule has 1 aromatic carbocycles. The molecule has 0 spiro atoms. The van der Waals surface area contributed by atoms with E-state index in [2.05, 4.69) is 43.3 Å². The zero-order valence-electron chi connectivity index (χ0n) is 11.6. The molecule has 0 amide bonds. The Kier molecular flexibility index (Phi) is 2.85. The molecule has 1 fully saturated rings. The van der Waals surface area contributed by atoms with Crippen LogP contribution in [0.3, 0.4) is 0 Å². The van der Waals surface area contributed by atoms with Gasteiger partial charge in [-0.05, 0) is 25.3 Å². The van der Waals surface area contributed by atoms with Gasteiger partial charge in [0.25, 0.3) is 0 Å². The van der Waals surface area contributed by atoms with Gasteiger partial charge in [0.15, 0.2) is 11.6 Å². The van der Waals surface area contributed by atoms with Crippen LogP contribution in [-0.2, 0) is 5.41 Å². The average molecular weight is 256 g/mol. The lowest BCUT2D eigenvalue weighted by molar-refractivity contribution is 0.307. The van der Waals surface area contributed by atoms with E-state index in [9.17, 15) is 0 Å². The molecule has 0 radical (unpaired) electrons. The molecular formula is C16H20N2O. The first-order valence-electron chi connectivity index (χ1n) is 6.93. The van der Waals surface area contributed by atoms with Crippen molar-refractivity contribution in [3.63, 3.8) is 0 Å². The number of nitrogens with zero attached hydrogens (tertiary/aromatic N) is 1. The molecule has 0 aliphatic heterocycles. The van der Waals surface area contributed by atoms with E-state index in [1.165, 1.54) is 18.4 Å². The predicted molar refractivity (Wildman–Crippen MR) is 76.9 cm³/mol. The van der Waals surface area contributed by atoms with E-state index in [-0.39, 0.29) is 5.41 Å². The van der Waals surface area contributed by atoms with Crippen LogP contribution in [-0.4, -0.2) is 5.16 Å². The summed E-state index contributed by atoms with van der Waals surface area (Å²) >= 11 is 0. The highest BCUT2D eigenvalue weighted by molar-refractivity contribution is 5.76. The fraction of sp³-hybridized carbons (Fsp3) is 0.438. The quantitative estimate of drug-likeness (QED) is 0.881. The number of hydrogen-bond acceptors (Lipinski definition) is 3. The third-order valence-electron chi connectivity index (χ3n) is 4.28. The largest absolute Gasteiger partial charge is 0.380 e. The van der Waals surface area contributed by atoms with Crippen LogP contribution in [0.2, 0.25) is 0 Å². The summed E-state index contributed by atoms with van der Waals surface area (Å²) in [6.45, 7) is 4.35. The second-order valence-corrected chi connectivity index (χ2v) is 5.91. The minimum atomic E-state index is 0.0870. The molecule has 0 bridgehead atoms. The number of hydrogen-bond donors (Lipinski definition) is 1. The molecule has 3 nitrogen and oxygen atoms in total. The molecule has 0 saturated heterocycles. The summed E-state index contributed by atoms with van der Waals surface area (Å²) in [4.78, 5) is 0. The van der Waals surface area contributed by atoms with Crippen molar-refractivity contribution in [3.05, 3.63) is 35.6 Å². The summed E-state index contributed by atoms with van der Waals surface area (Å²) in [6.07, 6.45) is 4.82. The second-order valence-electron chi connectivity index (χ2n) is 5.91. The van der Waals surface area contributed by atoms with E-state index >= 15 is 0 Å². The molecule has 100 valence electrons. The molecule has 1 aliphatic carbocycles. The Balaban J connectivity index is 2.13. The molecular weight excluding hydrogens is 236 g/mol. The molecule has 1 aliphatic rings. The van der Waals surface area contributed by atoms with Gasteiger partial charge in [-0.3, -0.25) is 0 Å². The molecule has 2 N–H and O–H groups in total. The fourth-order valence-corrected chi connectivity index (χ4v) is 3.18. The Morgan fingerprint density at radius 1 is 1.26 bits per heavy atom. The van der Waals surface area contributed by atoms with Crippen molar-refractivity contribution in [2.45, 2.75) is 44.9 Å². The summed E-state index contributed by atoms with van der Waals surface area (Å²) in [7, 11) is 0. The molecule has 0 unspecified atom stereocenters. The number of aryl methyl sites for hydroxylation is 1. The Bertz CT molecular complexity index is 595.